The first-order valence-electron chi connectivity index (χ1n) is 6.90. The first-order chi connectivity index (χ1) is 9.65. The van der Waals surface area contributed by atoms with Gasteiger partial charge in [-0.15, -0.1) is 0 Å². The van der Waals surface area contributed by atoms with Gasteiger partial charge >= 0.3 is 11.9 Å². The molecule has 0 heterocycles. The van der Waals surface area contributed by atoms with Crippen LogP contribution in [-0.2, 0) is 14.3 Å². The lowest BCUT2D eigenvalue weighted by Crippen LogP contribution is -2.18. The SMILES string of the molecule is CCCCCC(C(=O)OC)c1ccccc1C(=O)OC. The summed E-state index contributed by atoms with van der Waals surface area (Å²) in [7, 11) is 2.71. The zero-order valence-corrected chi connectivity index (χ0v) is 12.3. The minimum atomic E-state index is -0.426. The van der Waals surface area contributed by atoms with E-state index in [-0.39, 0.29) is 5.97 Å². The van der Waals surface area contributed by atoms with Crippen molar-refractivity contribution in [2.24, 2.45) is 0 Å². The molecule has 0 aliphatic rings. The van der Waals surface area contributed by atoms with E-state index in [2.05, 4.69) is 6.92 Å². The van der Waals surface area contributed by atoms with Crippen LogP contribution in [0.25, 0.3) is 0 Å². The minimum absolute atomic E-state index is 0.308. The zero-order valence-electron chi connectivity index (χ0n) is 12.3. The summed E-state index contributed by atoms with van der Waals surface area (Å²) < 4.78 is 9.65. The first kappa shape index (κ1) is 16.2. The number of methoxy groups -OCH3 is 2. The van der Waals surface area contributed by atoms with Crippen LogP contribution in [0.15, 0.2) is 24.3 Å². The molecule has 1 aromatic carbocycles. The van der Waals surface area contributed by atoms with E-state index >= 15 is 0 Å². The number of unbranched alkanes of at least 4 members (excludes halogenated alkanes) is 2. The van der Waals surface area contributed by atoms with E-state index in [1.54, 1.807) is 18.2 Å². The molecule has 1 unspecified atom stereocenters. The molecule has 1 aromatic rings. The van der Waals surface area contributed by atoms with Gasteiger partial charge in [-0.25, -0.2) is 4.79 Å². The van der Waals surface area contributed by atoms with Crippen LogP contribution in [0.2, 0.25) is 0 Å². The molecule has 1 rings (SSSR count). The maximum absolute atomic E-state index is 12.0. The molecule has 0 spiro atoms. The van der Waals surface area contributed by atoms with Crippen molar-refractivity contribution in [3.05, 3.63) is 35.4 Å². The Hall–Kier alpha value is -1.84. The lowest BCUT2D eigenvalue weighted by atomic mass is 9.89. The molecule has 0 N–H and O–H groups in total. The van der Waals surface area contributed by atoms with Crippen LogP contribution in [0.5, 0.6) is 0 Å². The quantitative estimate of drug-likeness (QED) is 0.567. The Bertz CT molecular complexity index is 454. The van der Waals surface area contributed by atoms with Gasteiger partial charge in [0.15, 0.2) is 0 Å². The van der Waals surface area contributed by atoms with E-state index in [1.807, 2.05) is 6.07 Å². The fourth-order valence-corrected chi connectivity index (χ4v) is 2.24. The van der Waals surface area contributed by atoms with Crippen LogP contribution in [-0.4, -0.2) is 26.2 Å². The molecule has 4 nitrogen and oxygen atoms in total. The molecular formula is C16H22O4. The van der Waals surface area contributed by atoms with E-state index < -0.39 is 11.9 Å². The van der Waals surface area contributed by atoms with E-state index in [0.29, 0.717) is 17.5 Å². The van der Waals surface area contributed by atoms with Crippen molar-refractivity contribution in [1.29, 1.82) is 0 Å². The fraction of sp³-hybridized carbons (Fsp3) is 0.500. The molecule has 0 bridgehead atoms. The van der Waals surface area contributed by atoms with Crippen LogP contribution in [0.1, 0.15) is 54.4 Å². The van der Waals surface area contributed by atoms with Gasteiger partial charge in [-0.1, -0.05) is 44.4 Å². The van der Waals surface area contributed by atoms with Gasteiger partial charge in [-0.05, 0) is 18.1 Å². The molecule has 4 heteroatoms. The summed E-state index contributed by atoms with van der Waals surface area (Å²) in [5.74, 6) is -1.15. The number of rotatable bonds is 7. The molecule has 20 heavy (non-hydrogen) atoms. The monoisotopic (exact) mass is 278 g/mol. The Labute approximate surface area is 120 Å². The third-order valence-corrected chi connectivity index (χ3v) is 3.32. The van der Waals surface area contributed by atoms with Crippen LogP contribution >= 0.6 is 0 Å². The highest BCUT2D eigenvalue weighted by atomic mass is 16.5. The molecule has 0 aliphatic heterocycles. The highest BCUT2D eigenvalue weighted by molar-refractivity contribution is 5.93. The Morgan fingerprint density at radius 1 is 1.10 bits per heavy atom. The first-order valence-corrected chi connectivity index (χ1v) is 6.90. The number of esters is 2. The van der Waals surface area contributed by atoms with Gasteiger partial charge in [-0.2, -0.15) is 0 Å². The highest BCUT2D eigenvalue weighted by Gasteiger charge is 2.25. The second-order valence-corrected chi connectivity index (χ2v) is 4.65. The third-order valence-electron chi connectivity index (χ3n) is 3.32. The number of carbonyl (C=O) groups is 2. The summed E-state index contributed by atoms with van der Waals surface area (Å²) in [4.78, 5) is 23.8. The molecule has 0 aliphatic carbocycles. The van der Waals surface area contributed by atoms with Gasteiger partial charge < -0.3 is 9.47 Å². The van der Waals surface area contributed by atoms with E-state index in [1.165, 1.54) is 14.2 Å². The van der Waals surface area contributed by atoms with Crippen LogP contribution in [0, 0.1) is 0 Å². The predicted octanol–water partition coefficient (Wildman–Crippen LogP) is 3.31. The minimum Gasteiger partial charge on any atom is -0.469 e. The Kier molecular flexibility index (Phi) is 6.77. The lowest BCUT2D eigenvalue weighted by molar-refractivity contribution is -0.142. The largest absolute Gasteiger partial charge is 0.469 e. The molecule has 1 atom stereocenters. The van der Waals surface area contributed by atoms with Crippen LogP contribution in [0.3, 0.4) is 0 Å². The highest BCUT2D eigenvalue weighted by Crippen LogP contribution is 2.27. The molecule has 110 valence electrons. The number of ether oxygens (including phenoxy) is 2. The number of benzene rings is 1. The topological polar surface area (TPSA) is 52.6 Å². The lowest BCUT2D eigenvalue weighted by Gasteiger charge is -2.17. The molecule has 0 radical (unpaired) electrons. The van der Waals surface area contributed by atoms with Crippen LogP contribution in [0.4, 0.5) is 0 Å². The molecule has 0 fully saturated rings. The van der Waals surface area contributed by atoms with Crippen molar-refractivity contribution < 1.29 is 19.1 Å². The molecule has 0 saturated carbocycles. The number of hydrogen-bond donors (Lipinski definition) is 0. The summed E-state index contributed by atoms with van der Waals surface area (Å²) in [6.07, 6.45) is 3.72. The maximum atomic E-state index is 12.0. The van der Waals surface area contributed by atoms with Gasteiger partial charge in [0.2, 0.25) is 0 Å². The predicted molar refractivity (Wildman–Crippen MR) is 76.7 cm³/mol. The molecule has 0 amide bonds. The van der Waals surface area contributed by atoms with Crippen molar-refractivity contribution in [1.82, 2.24) is 0 Å². The smallest absolute Gasteiger partial charge is 0.338 e. The van der Waals surface area contributed by atoms with Crippen molar-refractivity contribution in [3.63, 3.8) is 0 Å². The van der Waals surface area contributed by atoms with Gasteiger partial charge in [-0.3, -0.25) is 4.79 Å². The summed E-state index contributed by atoms with van der Waals surface area (Å²) in [5.41, 5.74) is 1.12. The average molecular weight is 278 g/mol. The van der Waals surface area contributed by atoms with Gasteiger partial charge in [0, 0.05) is 0 Å². The Balaban J connectivity index is 3.06. The summed E-state index contributed by atoms with van der Waals surface area (Å²) >= 11 is 0. The average Bonchev–Trinajstić information content (AvgIpc) is 2.50. The van der Waals surface area contributed by atoms with Gasteiger partial charge in [0.25, 0.3) is 0 Å². The fourth-order valence-electron chi connectivity index (χ4n) is 2.24. The molecule has 0 aromatic heterocycles. The second kappa shape index (κ2) is 8.35. The zero-order chi connectivity index (χ0) is 15.0. The number of hydrogen-bond acceptors (Lipinski definition) is 4. The van der Waals surface area contributed by atoms with Crippen molar-refractivity contribution in [2.75, 3.05) is 14.2 Å². The van der Waals surface area contributed by atoms with E-state index in [9.17, 15) is 9.59 Å². The third kappa shape index (κ3) is 4.08. The molecule has 0 saturated heterocycles. The van der Waals surface area contributed by atoms with E-state index in [4.69, 9.17) is 9.47 Å². The van der Waals surface area contributed by atoms with Gasteiger partial charge in [0.05, 0.1) is 25.7 Å². The Morgan fingerprint density at radius 3 is 2.40 bits per heavy atom. The maximum Gasteiger partial charge on any atom is 0.338 e. The van der Waals surface area contributed by atoms with Gasteiger partial charge in [0.1, 0.15) is 0 Å². The number of carbonyl (C=O) groups excluding carboxylic acids is 2. The molecular weight excluding hydrogens is 256 g/mol. The standard InChI is InChI=1S/C16H22O4/c1-4-5-6-10-13(15(17)19-2)12-9-7-8-11-14(12)16(18)20-3/h7-9,11,13H,4-6,10H2,1-3H3. The van der Waals surface area contributed by atoms with Crippen LogP contribution < -0.4 is 0 Å². The normalized spacial score (nSPS) is 11.8. The van der Waals surface area contributed by atoms with Crippen molar-refractivity contribution >= 4 is 11.9 Å². The summed E-state index contributed by atoms with van der Waals surface area (Å²) in [6, 6.07) is 7.05. The van der Waals surface area contributed by atoms with Crippen molar-refractivity contribution in [2.45, 2.75) is 38.5 Å². The van der Waals surface area contributed by atoms with Crippen molar-refractivity contribution in [3.8, 4) is 0 Å². The second-order valence-electron chi connectivity index (χ2n) is 4.65. The summed E-state index contributed by atoms with van der Waals surface area (Å²) in [5, 5.41) is 0. The summed E-state index contributed by atoms with van der Waals surface area (Å²) in [6.45, 7) is 2.11. The Morgan fingerprint density at radius 2 is 1.80 bits per heavy atom. The van der Waals surface area contributed by atoms with E-state index in [0.717, 1.165) is 19.3 Å².